The van der Waals surface area contributed by atoms with E-state index in [1.807, 2.05) is 0 Å². The molecule has 1 fully saturated rings. The summed E-state index contributed by atoms with van der Waals surface area (Å²) in [6, 6.07) is 8.83. The number of rotatable bonds is 5. The van der Waals surface area contributed by atoms with Gasteiger partial charge in [0.1, 0.15) is 0 Å². The van der Waals surface area contributed by atoms with Crippen LogP contribution in [0.5, 0.6) is 0 Å². The number of hydrogen-bond acceptors (Lipinski definition) is 2. The molecule has 0 aliphatic carbocycles. The van der Waals surface area contributed by atoms with Crippen molar-refractivity contribution in [3.05, 3.63) is 35.4 Å². The van der Waals surface area contributed by atoms with Gasteiger partial charge >= 0.3 is 5.97 Å². The zero-order valence-electron chi connectivity index (χ0n) is 12.3. The number of nitrogens with zero attached hydrogens (tertiary/aromatic N) is 1. The Labute approximate surface area is 121 Å². The van der Waals surface area contributed by atoms with Gasteiger partial charge in [0, 0.05) is 6.42 Å². The lowest BCUT2D eigenvalue weighted by Gasteiger charge is -2.15. The van der Waals surface area contributed by atoms with Crippen molar-refractivity contribution in [1.29, 1.82) is 0 Å². The molecule has 0 spiro atoms. The van der Waals surface area contributed by atoms with E-state index in [1.165, 1.54) is 43.5 Å². The lowest BCUT2D eigenvalue weighted by molar-refractivity contribution is -0.137. The minimum Gasteiger partial charge on any atom is -0.481 e. The molecule has 1 atom stereocenters. The fourth-order valence-electron chi connectivity index (χ4n) is 2.97. The maximum absolute atomic E-state index is 10.5. The first-order chi connectivity index (χ1) is 9.65. The Bertz CT molecular complexity index is 427. The van der Waals surface area contributed by atoms with Gasteiger partial charge < -0.3 is 10.0 Å². The number of aliphatic carboxylic acids is 1. The third-order valence-electron chi connectivity index (χ3n) is 4.26. The van der Waals surface area contributed by atoms with E-state index in [1.54, 1.807) is 0 Å². The number of aryl methyl sites for hydroxylation is 1. The molecule has 3 heteroatoms. The molecule has 1 aromatic rings. The van der Waals surface area contributed by atoms with E-state index in [2.05, 4.69) is 36.2 Å². The molecule has 1 saturated heterocycles. The predicted octanol–water partition coefficient (Wildman–Crippen LogP) is 3.29. The monoisotopic (exact) mass is 275 g/mol. The van der Waals surface area contributed by atoms with E-state index < -0.39 is 5.97 Å². The lowest BCUT2D eigenvalue weighted by Crippen LogP contribution is -2.18. The van der Waals surface area contributed by atoms with Crippen molar-refractivity contribution < 1.29 is 9.90 Å². The number of benzene rings is 1. The molecule has 3 nitrogen and oxygen atoms in total. The number of carboxylic acid groups (broad SMARTS) is 1. The first-order valence-electron chi connectivity index (χ1n) is 7.64. The SMILES string of the molecule is CN1CCCC(c2ccc(CCCC(=O)O)cc2)CC1. The van der Waals surface area contributed by atoms with Crippen LogP contribution >= 0.6 is 0 Å². The van der Waals surface area contributed by atoms with Crippen LogP contribution in [0.3, 0.4) is 0 Å². The van der Waals surface area contributed by atoms with E-state index in [4.69, 9.17) is 5.11 Å². The summed E-state index contributed by atoms with van der Waals surface area (Å²) in [5.74, 6) is -0.0165. The van der Waals surface area contributed by atoms with E-state index in [0.717, 1.165) is 12.8 Å². The number of likely N-dealkylation sites (tertiary alicyclic amines) is 1. The molecule has 0 radical (unpaired) electrons. The van der Waals surface area contributed by atoms with Gasteiger partial charge in [0.05, 0.1) is 0 Å². The molecule has 0 bridgehead atoms. The van der Waals surface area contributed by atoms with Crippen LogP contribution in [0.1, 0.15) is 49.1 Å². The molecule has 20 heavy (non-hydrogen) atoms. The van der Waals surface area contributed by atoms with Gasteiger partial charge in [-0.3, -0.25) is 4.79 Å². The summed E-state index contributed by atoms with van der Waals surface area (Å²) in [4.78, 5) is 12.9. The lowest BCUT2D eigenvalue weighted by atomic mass is 9.91. The molecular formula is C17H25NO2. The van der Waals surface area contributed by atoms with Gasteiger partial charge in [-0.2, -0.15) is 0 Å². The molecule has 0 saturated carbocycles. The summed E-state index contributed by atoms with van der Waals surface area (Å²) >= 11 is 0. The average molecular weight is 275 g/mol. The molecule has 1 heterocycles. The van der Waals surface area contributed by atoms with Crippen LogP contribution in [0.15, 0.2) is 24.3 Å². The van der Waals surface area contributed by atoms with Gasteiger partial charge in [0.15, 0.2) is 0 Å². The molecule has 0 aromatic heterocycles. The molecule has 1 N–H and O–H groups in total. The van der Waals surface area contributed by atoms with E-state index in [0.29, 0.717) is 5.92 Å². The van der Waals surface area contributed by atoms with Crippen LogP contribution in [0.2, 0.25) is 0 Å². The Hall–Kier alpha value is -1.35. The van der Waals surface area contributed by atoms with Crippen LogP contribution in [-0.2, 0) is 11.2 Å². The van der Waals surface area contributed by atoms with Gasteiger partial charge in [-0.15, -0.1) is 0 Å². The number of carbonyl (C=O) groups is 1. The summed E-state index contributed by atoms with van der Waals surface area (Å²) in [6.07, 6.45) is 5.65. The molecule has 0 amide bonds. The van der Waals surface area contributed by atoms with Crippen LogP contribution in [0.25, 0.3) is 0 Å². The molecule has 1 aliphatic heterocycles. The van der Waals surface area contributed by atoms with Crippen LogP contribution in [0, 0.1) is 0 Å². The Balaban J connectivity index is 1.88. The van der Waals surface area contributed by atoms with Crippen LogP contribution in [0.4, 0.5) is 0 Å². The quantitative estimate of drug-likeness (QED) is 0.896. The minimum atomic E-state index is -0.704. The first kappa shape index (κ1) is 15.0. The van der Waals surface area contributed by atoms with E-state index in [9.17, 15) is 4.79 Å². The predicted molar refractivity (Wildman–Crippen MR) is 81.1 cm³/mol. The maximum atomic E-state index is 10.5. The van der Waals surface area contributed by atoms with Crippen molar-refractivity contribution in [2.75, 3.05) is 20.1 Å². The Morgan fingerprint density at radius 3 is 2.70 bits per heavy atom. The number of hydrogen-bond donors (Lipinski definition) is 1. The average Bonchev–Trinajstić information content (AvgIpc) is 2.64. The summed E-state index contributed by atoms with van der Waals surface area (Å²) in [6.45, 7) is 2.40. The van der Waals surface area contributed by atoms with E-state index in [-0.39, 0.29) is 6.42 Å². The van der Waals surface area contributed by atoms with Crippen LogP contribution < -0.4 is 0 Å². The summed E-state index contributed by atoms with van der Waals surface area (Å²) in [5.41, 5.74) is 2.70. The summed E-state index contributed by atoms with van der Waals surface area (Å²) in [7, 11) is 2.20. The summed E-state index contributed by atoms with van der Waals surface area (Å²) < 4.78 is 0. The minimum absolute atomic E-state index is 0.261. The highest BCUT2D eigenvalue weighted by Crippen LogP contribution is 2.28. The normalized spacial score (nSPS) is 20.6. The highest BCUT2D eigenvalue weighted by molar-refractivity contribution is 5.66. The molecular weight excluding hydrogens is 250 g/mol. The molecule has 1 unspecified atom stereocenters. The largest absolute Gasteiger partial charge is 0.481 e. The van der Waals surface area contributed by atoms with Crippen LogP contribution in [-0.4, -0.2) is 36.1 Å². The second kappa shape index (κ2) is 7.44. The van der Waals surface area contributed by atoms with Gasteiger partial charge in [0.25, 0.3) is 0 Å². The third kappa shape index (κ3) is 4.64. The van der Waals surface area contributed by atoms with Gasteiger partial charge in [0.2, 0.25) is 0 Å². The van der Waals surface area contributed by atoms with Gasteiger partial charge in [-0.25, -0.2) is 0 Å². The zero-order valence-corrected chi connectivity index (χ0v) is 12.3. The molecule has 110 valence electrons. The standard InChI is InChI=1S/C17H25NO2/c1-18-12-3-5-15(11-13-18)16-9-7-14(8-10-16)4-2-6-17(19)20/h7-10,15H,2-6,11-13H2,1H3,(H,19,20). The highest BCUT2D eigenvalue weighted by Gasteiger charge is 2.16. The van der Waals surface area contributed by atoms with Gasteiger partial charge in [-0.05, 0) is 69.3 Å². The first-order valence-corrected chi connectivity index (χ1v) is 7.64. The Morgan fingerprint density at radius 2 is 2.00 bits per heavy atom. The fraction of sp³-hybridized carbons (Fsp3) is 0.588. The molecule has 1 aliphatic rings. The second-order valence-corrected chi connectivity index (χ2v) is 5.92. The third-order valence-corrected chi connectivity index (χ3v) is 4.26. The Kier molecular flexibility index (Phi) is 5.60. The number of carboxylic acids is 1. The summed E-state index contributed by atoms with van der Waals surface area (Å²) in [5, 5.41) is 8.65. The van der Waals surface area contributed by atoms with Crippen molar-refractivity contribution in [2.45, 2.75) is 44.4 Å². The second-order valence-electron chi connectivity index (χ2n) is 5.92. The van der Waals surface area contributed by atoms with E-state index >= 15 is 0 Å². The van der Waals surface area contributed by atoms with Gasteiger partial charge in [-0.1, -0.05) is 24.3 Å². The fourth-order valence-corrected chi connectivity index (χ4v) is 2.97. The van der Waals surface area contributed by atoms with Crippen molar-refractivity contribution in [1.82, 2.24) is 4.90 Å². The van der Waals surface area contributed by atoms with Crippen molar-refractivity contribution in [3.63, 3.8) is 0 Å². The Morgan fingerprint density at radius 1 is 1.25 bits per heavy atom. The van der Waals surface area contributed by atoms with Crippen molar-refractivity contribution in [3.8, 4) is 0 Å². The topological polar surface area (TPSA) is 40.5 Å². The smallest absolute Gasteiger partial charge is 0.303 e. The molecule has 2 rings (SSSR count). The zero-order chi connectivity index (χ0) is 14.4. The van der Waals surface area contributed by atoms with Crippen molar-refractivity contribution >= 4 is 5.97 Å². The molecule has 1 aromatic carbocycles. The maximum Gasteiger partial charge on any atom is 0.303 e. The van der Waals surface area contributed by atoms with Crippen molar-refractivity contribution in [2.24, 2.45) is 0 Å². The highest BCUT2D eigenvalue weighted by atomic mass is 16.4.